The number of carbonyl (C=O) groups is 1. The van der Waals surface area contributed by atoms with Crippen molar-refractivity contribution in [3.05, 3.63) is 0 Å². The van der Waals surface area contributed by atoms with E-state index in [4.69, 9.17) is 28.2 Å². The number of guanidine groups is 1. The molecule has 0 bridgehead atoms. The van der Waals surface area contributed by atoms with Gasteiger partial charge in [-0.05, 0) is 82.5 Å². The molecular formula is C24H39Cl2F2N5O. The Morgan fingerprint density at radius 3 is 2.41 bits per heavy atom. The van der Waals surface area contributed by atoms with Crippen LogP contribution in [-0.2, 0) is 4.79 Å². The molecule has 0 aromatic rings. The van der Waals surface area contributed by atoms with Crippen molar-refractivity contribution in [2.45, 2.75) is 112 Å². The number of halogens is 4. The third-order valence-electron chi connectivity index (χ3n) is 8.06. The number of hydrogen-bond donors (Lipinski definition) is 4. The first-order valence-electron chi connectivity index (χ1n) is 13.1. The van der Waals surface area contributed by atoms with Gasteiger partial charge in [-0.1, -0.05) is 6.42 Å². The molecule has 4 N–H and O–H groups in total. The molecule has 3 saturated carbocycles. The van der Waals surface area contributed by atoms with Gasteiger partial charge in [0.15, 0.2) is 5.96 Å². The Morgan fingerprint density at radius 2 is 1.68 bits per heavy atom. The number of rotatable bonds is 5. The van der Waals surface area contributed by atoms with Crippen molar-refractivity contribution in [2.24, 2.45) is 22.7 Å². The molecule has 1 amide bonds. The van der Waals surface area contributed by atoms with Crippen LogP contribution in [0.5, 0.6) is 0 Å². The van der Waals surface area contributed by atoms with Crippen LogP contribution in [0.15, 0.2) is 4.99 Å². The topological polar surface area (TPSA) is 77.5 Å². The maximum atomic E-state index is 13.7. The fraction of sp³-hybridized carbons (Fsp3) is 0.917. The fourth-order valence-electron chi connectivity index (χ4n) is 5.88. The summed E-state index contributed by atoms with van der Waals surface area (Å²) in [7, 11) is 0. The van der Waals surface area contributed by atoms with Crippen LogP contribution < -0.4 is 21.5 Å². The standard InChI is InChI=1S/C24H39Cl2F2N5O/c25-17-3-1-2-15(10-17)23(34)31-24(29-13-16-6-9-19(28)11-20(16)26)30-22-12-21(32-33-22)14-4-7-18(27)8-5-14/h14-22,32-33H,1-13H2,(H2,29,30,31,34). The number of hydrogen-bond acceptors (Lipinski definition) is 4. The van der Waals surface area contributed by atoms with Crippen molar-refractivity contribution >= 4 is 35.1 Å². The third kappa shape index (κ3) is 7.40. The summed E-state index contributed by atoms with van der Waals surface area (Å²) >= 11 is 12.7. The number of aliphatic imine (C=N–C) groups is 1. The van der Waals surface area contributed by atoms with Gasteiger partial charge in [-0.25, -0.2) is 14.2 Å². The van der Waals surface area contributed by atoms with Crippen LogP contribution >= 0.6 is 23.2 Å². The first-order chi connectivity index (χ1) is 16.4. The van der Waals surface area contributed by atoms with Crippen molar-refractivity contribution in [3.63, 3.8) is 0 Å². The monoisotopic (exact) mass is 521 g/mol. The normalized spacial score (nSPS) is 41.8. The lowest BCUT2D eigenvalue weighted by Crippen LogP contribution is -2.52. The predicted molar refractivity (Wildman–Crippen MR) is 132 cm³/mol. The Hall–Kier alpha value is -0.700. The Morgan fingerprint density at radius 1 is 0.912 bits per heavy atom. The second-order valence-electron chi connectivity index (χ2n) is 10.7. The zero-order chi connectivity index (χ0) is 24.1. The first kappa shape index (κ1) is 26.4. The maximum absolute atomic E-state index is 13.7. The van der Waals surface area contributed by atoms with Gasteiger partial charge in [-0.3, -0.25) is 20.5 Å². The number of alkyl halides is 4. The Bertz CT molecular complexity index is 709. The summed E-state index contributed by atoms with van der Waals surface area (Å²) in [5.41, 5.74) is 6.63. The SMILES string of the molecule is O=C(NC(=NCC1CCC(F)CC1Cl)NC1CC(C2CCC(F)CC2)NN1)C1CCCC(Cl)C1. The van der Waals surface area contributed by atoms with Crippen molar-refractivity contribution in [3.8, 4) is 0 Å². The van der Waals surface area contributed by atoms with Gasteiger partial charge in [-0.15, -0.1) is 23.2 Å². The quantitative estimate of drug-likeness (QED) is 0.247. The second kappa shape index (κ2) is 12.5. The van der Waals surface area contributed by atoms with Gasteiger partial charge in [0, 0.05) is 29.3 Å². The van der Waals surface area contributed by atoms with E-state index in [1.54, 1.807) is 0 Å². The number of hydrazine groups is 1. The van der Waals surface area contributed by atoms with Gasteiger partial charge in [0.25, 0.3) is 0 Å². The molecule has 3 aliphatic carbocycles. The highest BCUT2D eigenvalue weighted by molar-refractivity contribution is 6.21. The minimum Gasteiger partial charge on any atom is -0.339 e. The molecule has 4 aliphatic rings. The molecule has 0 aromatic carbocycles. The number of nitrogens with zero attached hydrogens (tertiary/aromatic N) is 1. The van der Waals surface area contributed by atoms with Gasteiger partial charge in [0.1, 0.15) is 12.3 Å². The van der Waals surface area contributed by atoms with E-state index < -0.39 is 12.3 Å². The Labute approximate surface area is 211 Å². The number of amides is 1. The molecule has 7 atom stereocenters. The van der Waals surface area contributed by atoms with Gasteiger partial charge < -0.3 is 5.32 Å². The van der Waals surface area contributed by atoms with Gasteiger partial charge in [0.05, 0.1) is 6.17 Å². The molecule has 0 aromatic heterocycles. The van der Waals surface area contributed by atoms with Crippen LogP contribution in [0.4, 0.5) is 8.78 Å². The van der Waals surface area contributed by atoms with Crippen LogP contribution in [0.3, 0.4) is 0 Å². The molecule has 0 radical (unpaired) electrons. The molecule has 194 valence electrons. The lowest BCUT2D eigenvalue weighted by molar-refractivity contribution is -0.124. The third-order valence-corrected chi connectivity index (χ3v) is 8.99. The minimum absolute atomic E-state index is 0.0339. The van der Waals surface area contributed by atoms with E-state index in [-0.39, 0.29) is 40.7 Å². The highest BCUT2D eigenvalue weighted by Gasteiger charge is 2.34. The first-order valence-corrected chi connectivity index (χ1v) is 13.9. The van der Waals surface area contributed by atoms with Gasteiger partial charge >= 0.3 is 0 Å². The van der Waals surface area contributed by atoms with E-state index >= 15 is 0 Å². The number of nitrogens with one attached hydrogen (secondary N) is 4. The van der Waals surface area contributed by atoms with Crippen molar-refractivity contribution in [1.29, 1.82) is 0 Å². The van der Waals surface area contributed by atoms with E-state index in [0.29, 0.717) is 56.9 Å². The zero-order valence-electron chi connectivity index (χ0n) is 19.8. The Balaban J connectivity index is 1.36. The van der Waals surface area contributed by atoms with Crippen LogP contribution in [0, 0.1) is 17.8 Å². The van der Waals surface area contributed by atoms with Crippen LogP contribution in [0.2, 0.25) is 0 Å². The van der Waals surface area contributed by atoms with E-state index in [1.165, 1.54) is 0 Å². The molecule has 4 rings (SSSR count). The van der Waals surface area contributed by atoms with E-state index in [9.17, 15) is 13.6 Å². The van der Waals surface area contributed by atoms with E-state index in [0.717, 1.165) is 38.5 Å². The highest BCUT2D eigenvalue weighted by Crippen LogP contribution is 2.32. The smallest absolute Gasteiger partial charge is 0.229 e. The average molecular weight is 523 g/mol. The second-order valence-corrected chi connectivity index (χ2v) is 11.8. The van der Waals surface area contributed by atoms with Crippen LogP contribution in [0.1, 0.15) is 77.0 Å². The largest absolute Gasteiger partial charge is 0.339 e. The molecule has 10 heteroatoms. The maximum Gasteiger partial charge on any atom is 0.229 e. The Kier molecular flexibility index (Phi) is 9.70. The molecule has 6 nitrogen and oxygen atoms in total. The molecule has 4 fully saturated rings. The molecule has 7 unspecified atom stereocenters. The average Bonchev–Trinajstić information content (AvgIpc) is 3.27. The summed E-state index contributed by atoms with van der Waals surface area (Å²) in [5.74, 6) is 0.777. The van der Waals surface area contributed by atoms with E-state index in [2.05, 4.69) is 21.5 Å². The van der Waals surface area contributed by atoms with Gasteiger partial charge in [0.2, 0.25) is 5.91 Å². The summed E-state index contributed by atoms with van der Waals surface area (Å²) in [6, 6.07) is 0.254. The van der Waals surface area contributed by atoms with E-state index in [1.807, 2.05) is 0 Å². The molecule has 0 spiro atoms. The minimum atomic E-state index is -0.840. The summed E-state index contributed by atoms with van der Waals surface area (Å²) in [4.78, 5) is 17.7. The van der Waals surface area contributed by atoms with Crippen LogP contribution in [-0.4, -0.2) is 53.7 Å². The van der Waals surface area contributed by atoms with Crippen molar-refractivity contribution in [2.75, 3.05) is 6.54 Å². The molecule has 1 heterocycles. The molecule has 1 aliphatic heterocycles. The number of carbonyl (C=O) groups excluding carboxylic acids is 1. The van der Waals surface area contributed by atoms with Crippen molar-refractivity contribution < 1.29 is 13.6 Å². The fourth-order valence-corrected chi connectivity index (χ4v) is 6.65. The highest BCUT2D eigenvalue weighted by atomic mass is 35.5. The predicted octanol–water partition coefficient (Wildman–Crippen LogP) is 4.31. The summed E-state index contributed by atoms with van der Waals surface area (Å²) in [6.45, 7) is 0.441. The molecular weight excluding hydrogens is 483 g/mol. The van der Waals surface area contributed by atoms with Crippen molar-refractivity contribution in [1.82, 2.24) is 21.5 Å². The van der Waals surface area contributed by atoms with Crippen LogP contribution in [0.25, 0.3) is 0 Å². The zero-order valence-corrected chi connectivity index (χ0v) is 21.3. The summed E-state index contributed by atoms with van der Waals surface area (Å²) in [5, 5.41) is 6.15. The van der Waals surface area contributed by atoms with Gasteiger partial charge in [-0.2, -0.15) is 0 Å². The lowest BCUT2D eigenvalue weighted by atomic mass is 9.82. The summed E-state index contributed by atoms with van der Waals surface area (Å²) < 4.78 is 27.2. The molecule has 1 saturated heterocycles. The summed E-state index contributed by atoms with van der Waals surface area (Å²) in [6.07, 6.45) is 7.20. The molecule has 34 heavy (non-hydrogen) atoms. The lowest BCUT2D eigenvalue weighted by Gasteiger charge is -2.29.